The molecule has 35 heavy (non-hydrogen) atoms. The van der Waals surface area contributed by atoms with Crippen molar-refractivity contribution in [3.05, 3.63) is 54.1 Å². The van der Waals surface area contributed by atoms with Gasteiger partial charge in [-0.3, -0.25) is 14.9 Å². The van der Waals surface area contributed by atoms with Crippen LogP contribution in [0.5, 0.6) is 0 Å². The van der Waals surface area contributed by atoms with Crippen molar-refractivity contribution in [2.75, 3.05) is 11.9 Å². The summed E-state index contributed by atoms with van der Waals surface area (Å²) >= 11 is 0. The number of ketones is 2. The molecule has 3 fully saturated rings. The zero-order chi connectivity index (χ0) is 25.0. The smallest absolute Gasteiger partial charge is 0.412 e. The molecule has 4 aliphatic carbocycles. The second-order valence-electron chi connectivity index (χ2n) is 11.1. The number of para-hydroxylation sites is 1. The van der Waals surface area contributed by atoms with Gasteiger partial charge >= 0.3 is 6.09 Å². The highest BCUT2D eigenvalue weighted by molar-refractivity contribution is 6.01. The summed E-state index contributed by atoms with van der Waals surface area (Å²) < 4.78 is 5.17. The van der Waals surface area contributed by atoms with Gasteiger partial charge in [0.05, 0.1) is 6.10 Å². The van der Waals surface area contributed by atoms with Gasteiger partial charge in [0.25, 0.3) is 0 Å². The largest absolute Gasteiger partial charge is 0.441 e. The zero-order valence-corrected chi connectivity index (χ0v) is 20.2. The van der Waals surface area contributed by atoms with Crippen LogP contribution in [-0.4, -0.2) is 46.2 Å². The van der Waals surface area contributed by atoms with Crippen molar-refractivity contribution in [1.29, 1.82) is 0 Å². The molecule has 7 nitrogen and oxygen atoms in total. The Hall–Kier alpha value is -2.77. The number of rotatable bonds is 4. The van der Waals surface area contributed by atoms with Crippen LogP contribution in [0.4, 0.5) is 10.5 Å². The number of fused-ring (bicyclic) bond motifs is 5. The van der Waals surface area contributed by atoms with Crippen LogP contribution in [0.25, 0.3) is 0 Å². The van der Waals surface area contributed by atoms with E-state index in [-0.39, 0.29) is 36.4 Å². The van der Waals surface area contributed by atoms with Crippen LogP contribution in [0.15, 0.2) is 54.1 Å². The highest BCUT2D eigenvalue weighted by Gasteiger charge is 2.68. The van der Waals surface area contributed by atoms with Gasteiger partial charge in [0.1, 0.15) is 5.60 Å². The molecule has 0 saturated heterocycles. The lowest BCUT2D eigenvalue weighted by atomic mass is 9.46. The van der Waals surface area contributed by atoms with Crippen molar-refractivity contribution in [3.63, 3.8) is 0 Å². The summed E-state index contributed by atoms with van der Waals surface area (Å²) in [5.41, 5.74) is -1.28. The van der Waals surface area contributed by atoms with E-state index in [0.717, 1.165) is 18.4 Å². The van der Waals surface area contributed by atoms with Crippen molar-refractivity contribution in [1.82, 2.24) is 0 Å². The van der Waals surface area contributed by atoms with Crippen LogP contribution in [0.1, 0.15) is 46.0 Å². The van der Waals surface area contributed by atoms with Crippen LogP contribution in [0.2, 0.25) is 0 Å². The Kier molecular flexibility index (Phi) is 5.76. The molecule has 0 bridgehead atoms. The van der Waals surface area contributed by atoms with Crippen molar-refractivity contribution in [3.8, 4) is 0 Å². The van der Waals surface area contributed by atoms with Crippen molar-refractivity contribution in [2.45, 2.75) is 57.7 Å². The maximum atomic E-state index is 13.3. The van der Waals surface area contributed by atoms with E-state index < -0.39 is 41.0 Å². The van der Waals surface area contributed by atoms with Gasteiger partial charge in [-0.2, -0.15) is 0 Å². The van der Waals surface area contributed by atoms with E-state index in [0.29, 0.717) is 12.1 Å². The monoisotopic (exact) mass is 479 g/mol. The molecule has 7 atom stereocenters. The molecule has 0 spiro atoms. The van der Waals surface area contributed by atoms with E-state index in [2.05, 4.69) is 12.2 Å². The molecule has 186 valence electrons. The van der Waals surface area contributed by atoms with Gasteiger partial charge < -0.3 is 14.9 Å². The number of carbonyl (C=O) groups excluding carboxylic acids is 3. The van der Waals surface area contributed by atoms with Crippen molar-refractivity contribution in [2.24, 2.45) is 28.6 Å². The lowest BCUT2D eigenvalue weighted by molar-refractivity contribution is -0.178. The molecule has 3 N–H and O–H groups in total. The predicted octanol–water partition coefficient (Wildman–Crippen LogP) is 3.81. The third kappa shape index (κ3) is 3.67. The van der Waals surface area contributed by atoms with Gasteiger partial charge in [0.2, 0.25) is 5.78 Å². The number of anilines is 1. The lowest BCUT2D eigenvalue weighted by Crippen LogP contribution is -2.61. The summed E-state index contributed by atoms with van der Waals surface area (Å²) in [5.74, 6) is -0.444. The number of aliphatic hydroxyl groups excluding tert-OH is 1. The van der Waals surface area contributed by atoms with Crippen molar-refractivity contribution < 1.29 is 29.3 Å². The first kappa shape index (κ1) is 23.9. The van der Waals surface area contributed by atoms with Gasteiger partial charge in [-0.15, -0.1) is 0 Å². The summed E-state index contributed by atoms with van der Waals surface area (Å²) in [6, 6.07) is 8.79. The molecule has 5 unspecified atom stereocenters. The Labute approximate surface area is 205 Å². The molecule has 0 heterocycles. The number of aliphatic hydroxyl groups is 2. The molecule has 7 heteroatoms. The Morgan fingerprint density at radius 2 is 1.91 bits per heavy atom. The molecular weight excluding hydrogens is 446 g/mol. The van der Waals surface area contributed by atoms with E-state index in [1.54, 1.807) is 36.4 Å². The van der Waals surface area contributed by atoms with Gasteiger partial charge in [0, 0.05) is 22.4 Å². The Bertz CT molecular complexity index is 1110. The van der Waals surface area contributed by atoms with E-state index in [1.807, 2.05) is 19.1 Å². The first-order valence-electron chi connectivity index (χ1n) is 12.5. The van der Waals surface area contributed by atoms with Crippen molar-refractivity contribution >= 4 is 23.3 Å². The quantitative estimate of drug-likeness (QED) is 0.605. The number of ether oxygens (including phenoxy) is 1. The van der Waals surface area contributed by atoms with E-state index in [4.69, 9.17) is 4.74 Å². The zero-order valence-electron chi connectivity index (χ0n) is 20.2. The Morgan fingerprint density at radius 1 is 1.17 bits per heavy atom. The summed E-state index contributed by atoms with van der Waals surface area (Å²) in [6.45, 7) is 3.47. The molecule has 1 amide bonds. The number of hydrogen-bond acceptors (Lipinski definition) is 6. The molecule has 1 aromatic carbocycles. The SMILES string of the molecule is CC12C=CC(=O)C=C1CCC1C2[C@@H](O)CC2(C)C1CC[C@]2(O)C(=O)COC(=O)Nc1ccccc1. The second-order valence-corrected chi connectivity index (χ2v) is 11.1. The predicted molar refractivity (Wildman–Crippen MR) is 129 cm³/mol. The van der Waals surface area contributed by atoms with Crippen LogP contribution >= 0.6 is 0 Å². The molecular formula is C28H33NO6. The highest BCUT2D eigenvalue weighted by atomic mass is 16.6. The summed E-state index contributed by atoms with van der Waals surface area (Å²) in [7, 11) is 0. The van der Waals surface area contributed by atoms with Gasteiger partial charge in [0.15, 0.2) is 12.4 Å². The first-order valence-corrected chi connectivity index (χ1v) is 12.5. The van der Waals surface area contributed by atoms with Gasteiger partial charge in [-0.25, -0.2) is 4.79 Å². The number of carbonyl (C=O) groups is 3. The molecule has 4 aliphatic rings. The topological polar surface area (TPSA) is 113 Å². The van der Waals surface area contributed by atoms with Crippen LogP contribution in [0, 0.1) is 28.6 Å². The minimum Gasteiger partial charge on any atom is -0.441 e. The molecule has 0 aliphatic heterocycles. The fourth-order valence-electron chi connectivity index (χ4n) is 7.71. The molecule has 1 aromatic rings. The minimum absolute atomic E-state index is 0.0109. The standard InChI is InChI=1S/C28H33NO6/c1-26-12-10-19(30)14-17(26)8-9-20-21-11-13-28(34,27(21,2)15-22(31)24(20)26)23(32)16-35-25(33)29-18-6-4-3-5-7-18/h3-7,10,12,14,20-22,24,31,34H,8-9,11,13,15-16H2,1-2H3,(H,29,33)/t20?,21?,22-,24?,26?,27?,28-/m0/s1. The van der Waals surface area contributed by atoms with Gasteiger partial charge in [-0.1, -0.05) is 43.7 Å². The first-order chi connectivity index (χ1) is 16.6. The lowest BCUT2D eigenvalue weighted by Gasteiger charge is -2.59. The van der Waals surface area contributed by atoms with E-state index in [9.17, 15) is 24.6 Å². The van der Waals surface area contributed by atoms with Gasteiger partial charge in [-0.05, 0) is 68.2 Å². The number of amides is 1. The van der Waals surface area contributed by atoms with E-state index in [1.165, 1.54) is 0 Å². The molecule has 0 radical (unpaired) electrons. The fourth-order valence-corrected chi connectivity index (χ4v) is 7.71. The maximum Gasteiger partial charge on any atom is 0.412 e. The normalized spacial score (nSPS) is 39.7. The summed E-state index contributed by atoms with van der Waals surface area (Å²) in [5, 5.41) is 25.7. The highest BCUT2D eigenvalue weighted by Crippen LogP contribution is 2.67. The number of allylic oxidation sites excluding steroid dienone is 4. The minimum atomic E-state index is -1.67. The summed E-state index contributed by atoms with van der Waals surface area (Å²) in [4.78, 5) is 37.4. The Morgan fingerprint density at radius 3 is 2.66 bits per heavy atom. The Balaban J connectivity index is 1.33. The maximum absolute atomic E-state index is 13.3. The number of benzene rings is 1. The number of nitrogens with one attached hydrogen (secondary N) is 1. The third-order valence-electron chi connectivity index (χ3n) is 9.46. The average Bonchev–Trinajstić information content (AvgIpc) is 3.09. The van der Waals surface area contributed by atoms with Crippen LogP contribution in [-0.2, 0) is 14.3 Å². The molecule has 0 aromatic heterocycles. The van der Waals surface area contributed by atoms with E-state index >= 15 is 0 Å². The average molecular weight is 480 g/mol. The number of Topliss-reactive ketones (excluding diaryl/α,β-unsaturated/α-hetero) is 1. The number of hydrogen-bond donors (Lipinski definition) is 3. The summed E-state index contributed by atoms with van der Waals surface area (Å²) in [6.07, 6.45) is 6.57. The fraction of sp³-hybridized carbons (Fsp3) is 0.536. The van der Waals surface area contributed by atoms with Crippen LogP contribution in [0.3, 0.4) is 0 Å². The molecule has 3 saturated carbocycles. The third-order valence-corrected chi connectivity index (χ3v) is 9.46. The second kappa shape index (κ2) is 8.42. The molecule has 5 rings (SSSR count). The van der Waals surface area contributed by atoms with Crippen LogP contribution < -0.4 is 5.32 Å².